The van der Waals surface area contributed by atoms with Crippen molar-refractivity contribution in [1.82, 2.24) is 5.32 Å². The van der Waals surface area contributed by atoms with Gasteiger partial charge in [-0.1, -0.05) is 13.0 Å². The lowest BCUT2D eigenvalue weighted by molar-refractivity contribution is 0.199. The molecule has 0 radical (unpaired) electrons. The first-order valence-electron chi connectivity index (χ1n) is 7.47. The first kappa shape index (κ1) is 18.1. The largest absolute Gasteiger partial charge is 0.490 e. The Kier molecular flexibility index (Phi) is 10.1. The van der Waals surface area contributed by atoms with Crippen molar-refractivity contribution in [2.45, 2.75) is 20.4 Å². The van der Waals surface area contributed by atoms with E-state index in [4.69, 9.17) is 14.2 Å². The fourth-order valence-electron chi connectivity index (χ4n) is 1.81. The van der Waals surface area contributed by atoms with Crippen LogP contribution in [0.25, 0.3) is 0 Å². The highest BCUT2D eigenvalue weighted by molar-refractivity contribution is 7.99. The van der Waals surface area contributed by atoms with Crippen molar-refractivity contribution < 1.29 is 14.2 Å². The molecule has 0 aliphatic carbocycles. The quantitative estimate of drug-likeness (QED) is 0.601. The van der Waals surface area contributed by atoms with Crippen molar-refractivity contribution in [3.63, 3.8) is 0 Å². The Morgan fingerprint density at radius 1 is 1.10 bits per heavy atom. The third-order valence-corrected chi connectivity index (χ3v) is 3.67. The molecule has 21 heavy (non-hydrogen) atoms. The number of hydrogen-bond donors (Lipinski definition) is 1. The lowest BCUT2D eigenvalue weighted by Crippen LogP contribution is -2.18. The summed E-state index contributed by atoms with van der Waals surface area (Å²) in [7, 11) is 1.71. The van der Waals surface area contributed by atoms with E-state index in [1.165, 1.54) is 5.56 Å². The van der Waals surface area contributed by atoms with Crippen molar-refractivity contribution in [1.29, 1.82) is 0 Å². The van der Waals surface area contributed by atoms with Gasteiger partial charge in [0.2, 0.25) is 0 Å². The zero-order valence-electron chi connectivity index (χ0n) is 13.3. The summed E-state index contributed by atoms with van der Waals surface area (Å²) in [6.07, 6.45) is 0. The summed E-state index contributed by atoms with van der Waals surface area (Å²) in [5.74, 6) is 3.77. The molecule has 0 fully saturated rings. The molecule has 0 aliphatic heterocycles. The zero-order valence-corrected chi connectivity index (χ0v) is 14.1. The number of rotatable bonds is 12. The Morgan fingerprint density at radius 3 is 2.67 bits per heavy atom. The molecule has 1 N–H and O–H groups in total. The normalized spacial score (nSPS) is 10.6. The molecule has 0 spiro atoms. The Bertz CT molecular complexity index is 388. The van der Waals surface area contributed by atoms with Crippen LogP contribution in [0.2, 0.25) is 0 Å². The van der Waals surface area contributed by atoms with Gasteiger partial charge in [0.05, 0.1) is 19.8 Å². The highest BCUT2D eigenvalue weighted by Crippen LogP contribution is 2.28. The fraction of sp³-hybridized carbons (Fsp3) is 0.625. The molecule has 0 saturated carbocycles. The molecule has 1 rings (SSSR count). The van der Waals surface area contributed by atoms with Crippen molar-refractivity contribution >= 4 is 11.8 Å². The minimum Gasteiger partial charge on any atom is -0.490 e. The van der Waals surface area contributed by atoms with Crippen molar-refractivity contribution in [3.8, 4) is 11.5 Å². The van der Waals surface area contributed by atoms with Gasteiger partial charge in [-0.25, -0.2) is 0 Å². The molecule has 0 saturated heterocycles. The Hall–Kier alpha value is -0.910. The van der Waals surface area contributed by atoms with Crippen LogP contribution in [0.1, 0.15) is 19.4 Å². The second kappa shape index (κ2) is 11.7. The Labute approximate surface area is 132 Å². The maximum absolute atomic E-state index is 5.80. The van der Waals surface area contributed by atoms with Crippen LogP contribution in [0.4, 0.5) is 0 Å². The summed E-state index contributed by atoms with van der Waals surface area (Å²) in [5.41, 5.74) is 1.19. The van der Waals surface area contributed by atoms with E-state index in [9.17, 15) is 0 Å². The molecule has 0 unspecified atom stereocenters. The van der Waals surface area contributed by atoms with Crippen LogP contribution in [0.3, 0.4) is 0 Å². The van der Waals surface area contributed by atoms with E-state index < -0.39 is 0 Å². The SMILES string of the molecule is CCOc1cc(CNCCOC)ccc1OCCSCC. The lowest BCUT2D eigenvalue weighted by Gasteiger charge is -2.13. The van der Waals surface area contributed by atoms with Crippen LogP contribution in [-0.2, 0) is 11.3 Å². The molecule has 1 aromatic rings. The Morgan fingerprint density at radius 2 is 1.95 bits per heavy atom. The molecule has 4 nitrogen and oxygen atoms in total. The number of ether oxygens (including phenoxy) is 3. The van der Waals surface area contributed by atoms with Gasteiger partial charge in [0.25, 0.3) is 0 Å². The third kappa shape index (κ3) is 7.60. The van der Waals surface area contributed by atoms with Gasteiger partial charge in [0.1, 0.15) is 0 Å². The Balaban J connectivity index is 2.54. The second-order valence-electron chi connectivity index (χ2n) is 4.43. The average molecular weight is 313 g/mol. The van der Waals surface area contributed by atoms with Gasteiger partial charge in [-0.15, -0.1) is 0 Å². The van der Waals surface area contributed by atoms with Gasteiger partial charge in [-0.2, -0.15) is 11.8 Å². The van der Waals surface area contributed by atoms with Gasteiger partial charge in [0, 0.05) is 26.0 Å². The number of hydrogen-bond acceptors (Lipinski definition) is 5. The smallest absolute Gasteiger partial charge is 0.161 e. The molecule has 5 heteroatoms. The van der Waals surface area contributed by atoms with Crippen LogP contribution in [0, 0.1) is 0 Å². The van der Waals surface area contributed by atoms with E-state index >= 15 is 0 Å². The highest BCUT2D eigenvalue weighted by Gasteiger charge is 2.06. The van der Waals surface area contributed by atoms with E-state index in [2.05, 4.69) is 18.3 Å². The molecule has 0 bridgehead atoms. The highest BCUT2D eigenvalue weighted by atomic mass is 32.2. The first-order valence-corrected chi connectivity index (χ1v) is 8.63. The number of thioether (sulfide) groups is 1. The van der Waals surface area contributed by atoms with Crippen LogP contribution in [0.5, 0.6) is 11.5 Å². The molecular formula is C16H27NO3S. The van der Waals surface area contributed by atoms with E-state index in [0.29, 0.717) is 19.8 Å². The van der Waals surface area contributed by atoms with Crippen molar-refractivity contribution in [2.75, 3.05) is 45.0 Å². The number of nitrogens with one attached hydrogen (secondary N) is 1. The molecule has 1 aromatic carbocycles. The minimum absolute atomic E-state index is 0.640. The summed E-state index contributed by atoms with van der Waals surface area (Å²) in [6.45, 7) is 7.85. The number of benzene rings is 1. The molecule has 120 valence electrons. The van der Waals surface area contributed by atoms with Crippen LogP contribution < -0.4 is 14.8 Å². The molecule has 0 aliphatic rings. The predicted octanol–water partition coefficient (Wildman–Crippen LogP) is 2.95. The van der Waals surface area contributed by atoms with Gasteiger partial charge >= 0.3 is 0 Å². The summed E-state index contributed by atoms with van der Waals surface area (Å²) in [6, 6.07) is 6.12. The average Bonchev–Trinajstić information content (AvgIpc) is 2.50. The maximum Gasteiger partial charge on any atom is 0.161 e. The first-order chi connectivity index (χ1) is 10.3. The van der Waals surface area contributed by atoms with E-state index in [0.717, 1.165) is 36.1 Å². The summed E-state index contributed by atoms with van der Waals surface area (Å²) >= 11 is 1.88. The summed E-state index contributed by atoms with van der Waals surface area (Å²) in [5, 5.41) is 3.33. The summed E-state index contributed by atoms with van der Waals surface area (Å²) in [4.78, 5) is 0. The minimum atomic E-state index is 0.640. The topological polar surface area (TPSA) is 39.7 Å². The molecular weight excluding hydrogens is 286 g/mol. The summed E-state index contributed by atoms with van der Waals surface area (Å²) < 4.78 is 16.5. The van der Waals surface area contributed by atoms with Gasteiger partial charge in [-0.3, -0.25) is 0 Å². The van der Waals surface area contributed by atoms with Gasteiger partial charge < -0.3 is 19.5 Å². The second-order valence-corrected chi connectivity index (χ2v) is 5.82. The van der Waals surface area contributed by atoms with E-state index in [1.807, 2.05) is 30.8 Å². The predicted molar refractivity (Wildman–Crippen MR) is 89.7 cm³/mol. The number of methoxy groups -OCH3 is 1. The maximum atomic E-state index is 5.80. The molecule has 0 amide bonds. The van der Waals surface area contributed by atoms with Crippen LogP contribution >= 0.6 is 11.8 Å². The van der Waals surface area contributed by atoms with E-state index in [-0.39, 0.29) is 0 Å². The molecule has 0 atom stereocenters. The van der Waals surface area contributed by atoms with Crippen molar-refractivity contribution in [3.05, 3.63) is 23.8 Å². The van der Waals surface area contributed by atoms with E-state index in [1.54, 1.807) is 7.11 Å². The zero-order chi connectivity index (χ0) is 15.3. The monoisotopic (exact) mass is 313 g/mol. The lowest BCUT2D eigenvalue weighted by atomic mass is 10.2. The van der Waals surface area contributed by atoms with Gasteiger partial charge in [-0.05, 0) is 30.4 Å². The van der Waals surface area contributed by atoms with Gasteiger partial charge in [0.15, 0.2) is 11.5 Å². The molecule has 0 heterocycles. The van der Waals surface area contributed by atoms with Crippen LogP contribution in [0.15, 0.2) is 18.2 Å². The fourth-order valence-corrected chi connectivity index (χ4v) is 2.30. The molecule has 0 aromatic heterocycles. The third-order valence-electron chi connectivity index (χ3n) is 2.81. The standard InChI is InChI=1S/C16H27NO3S/c1-4-19-16-12-14(13-17-8-9-18-3)6-7-15(16)20-10-11-21-5-2/h6-7,12,17H,4-5,8-11,13H2,1-3H3. The van der Waals surface area contributed by atoms with Crippen LogP contribution in [-0.4, -0.2) is 45.0 Å². The van der Waals surface area contributed by atoms with Crippen molar-refractivity contribution in [2.24, 2.45) is 0 Å².